The predicted molar refractivity (Wildman–Crippen MR) is 58.8 cm³/mol. The number of rotatable bonds is 7. The molecule has 15 heavy (non-hydrogen) atoms. The molecule has 1 saturated heterocycles. The van der Waals surface area contributed by atoms with Crippen molar-refractivity contribution in [3.05, 3.63) is 0 Å². The minimum atomic E-state index is -0.424. The number of aliphatic hydroxyl groups excluding tert-OH is 2. The summed E-state index contributed by atoms with van der Waals surface area (Å²) in [4.78, 5) is 2.08. The maximum atomic E-state index is 9.65. The Bertz CT molecular complexity index is 166. The van der Waals surface area contributed by atoms with Crippen LogP contribution in [0.15, 0.2) is 0 Å². The van der Waals surface area contributed by atoms with Crippen LogP contribution in [0.2, 0.25) is 0 Å². The van der Waals surface area contributed by atoms with Crippen LogP contribution in [0.3, 0.4) is 0 Å². The lowest BCUT2D eigenvalue weighted by molar-refractivity contribution is 0.0177. The maximum absolute atomic E-state index is 9.65. The monoisotopic (exact) mass is 217 g/mol. The normalized spacial score (nSPS) is 24.6. The largest absolute Gasteiger partial charge is 0.392 e. The van der Waals surface area contributed by atoms with Gasteiger partial charge in [0.05, 0.1) is 18.8 Å². The summed E-state index contributed by atoms with van der Waals surface area (Å²) in [6.45, 7) is 5.44. The Morgan fingerprint density at radius 2 is 2.33 bits per heavy atom. The van der Waals surface area contributed by atoms with Gasteiger partial charge >= 0.3 is 0 Å². The van der Waals surface area contributed by atoms with Crippen molar-refractivity contribution in [2.75, 3.05) is 32.8 Å². The van der Waals surface area contributed by atoms with E-state index >= 15 is 0 Å². The fraction of sp³-hybridized carbons (Fsp3) is 1.00. The van der Waals surface area contributed by atoms with Gasteiger partial charge in [-0.2, -0.15) is 0 Å². The minimum absolute atomic E-state index is 0.210. The molecule has 4 heteroatoms. The standard InChI is InChI=1S/C11H23NO3/c1-2-3-6-15-9-11(14)8-12-5-4-10(13)7-12/h10-11,13-14H,2-9H2,1H3/t10-,11?/m0/s1. The van der Waals surface area contributed by atoms with Crippen molar-refractivity contribution in [2.24, 2.45) is 0 Å². The number of aliphatic hydroxyl groups is 2. The highest BCUT2D eigenvalue weighted by Gasteiger charge is 2.21. The van der Waals surface area contributed by atoms with Crippen LogP contribution in [0.5, 0.6) is 0 Å². The molecular formula is C11H23NO3. The van der Waals surface area contributed by atoms with Crippen LogP contribution in [0.1, 0.15) is 26.2 Å². The number of hydrogen-bond donors (Lipinski definition) is 2. The first-order valence-corrected chi connectivity index (χ1v) is 5.88. The zero-order valence-corrected chi connectivity index (χ0v) is 9.56. The minimum Gasteiger partial charge on any atom is -0.392 e. The summed E-state index contributed by atoms with van der Waals surface area (Å²) >= 11 is 0. The molecule has 90 valence electrons. The average Bonchev–Trinajstić information content (AvgIpc) is 2.59. The van der Waals surface area contributed by atoms with Gasteiger partial charge in [-0.15, -0.1) is 0 Å². The lowest BCUT2D eigenvalue weighted by Gasteiger charge is -2.19. The first-order chi connectivity index (χ1) is 7.22. The molecule has 2 N–H and O–H groups in total. The van der Waals surface area contributed by atoms with Crippen LogP contribution in [-0.2, 0) is 4.74 Å². The van der Waals surface area contributed by atoms with E-state index in [2.05, 4.69) is 11.8 Å². The van der Waals surface area contributed by atoms with Gasteiger partial charge in [0, 0.05) is 26.2 Å². The van der Waals surface area contributed by atoms with Crippen molar-refractivity contribution >= 4 is 0 Å². The molecule has 0 aliphatic carbocycles. The Morgan fingerprint density at radius 1 is 1.53 bits per heavy atom. The SMILES string of the molecule is CCCCOCC(O)CN1CC[C@H](O)C1. The lowest BCUT2D eigenvalue weighted by atomic mass is 10.3. The van der Waals surface area contributed by atoms with Crippen molar-refractivity contribution < 1.29 is 14.9 Å². The molecule has 0 radical (unpaired) electrons. The van der Waals surface area contributed by atoms with Crippen LogP contribution < -0.4 is 0 Å². The Morgan fingerprint density at radius 3 is 2.93 bits per heavy atom. The van der Waals surface area contributed by atoms with E-state index in [1.54, 1.807) is 0 Å². The first-order valence-electron chi connectivity index (χ1n) is 5.88. The van der Waals surface area contributed by atoms with Crippen molar-refractivity contribution in [3.63, 3.8) is 0 Å². The molecule has 0 amide bonds. The molecule has 2 atom stereocenters. The van der Waals surface area contributed by atoms with E-state index in [9.17, 15) is 10.2 Å². The molecule has 1 unspecified atom stereocenters. The smallest absolute Gasteiger partial charge is 0.0900 e. The highest BCUT2D eigenvalue weighted by Crippen LogP contribution is 2.08. The number of β-amino-alcohol motifs (C(OH)–C–C–N with tert-alkyl or cyclic N) is 2. The lowest BCUT2D eigenvalue weighted by Crippen LogP contribution is -2.34. The Kier molecular flexibility index (Phi) is 6.17. The molecule has 0 spiro atoms. The molecule has 0 aromatic heterocycles. The van der Waals surface area contributed by atoms with E-state index in [0.717, 1.165) is 32.4 Å². The van der Waals surface area contributed by atoms with E-state index in [4.69, 9.17) is 4.74 Å². The van der Waals surface area contributed by atoms with Gasteiger partial charge in [-0.1, -0.05) is 13.3 Å². The first kappa shape index (κ1) is 12.9. The number of ether oxygens (including phenoxy) is 1. The predicted octanol–water partition coefficient (Wildman–Crippen LogP) is 0.231. The Hall–Kier alpha value is -0.160. The van der Waals surface area contributed by atoms with Crippen LogP contribution in [-0.4, -0.2) is 60.2 Å². The quantitative estimate of drug-likeness (QED) is 0.599. The molecule has 1 fully saturated rings. The highest BCUT2D eigenvalue weighted by atomic mass is 16.5. The summed E-state index contributed by atoms with van der Waals surface area (Å²) in [5.74, 6) is 0. The summed E-state index contributed by atoms with van der Waals surface area (Å²) in [7, 11) is 0. The van der Waals surface area contributed by atoms with Gasteiger partial charge in [0.25, 0.3) is 0 Å². The molecule has 0 saturated carbocycles. The van der Waals surface area contributed by atoms with Crippen LogP contribution in [0, 0.1) is 0 Å². The molecule has 0 aromatic carbocycles. The van der Waals surface area contributed by atoms with Crippen LogP contribution in [0.25, 0.3) is 0 Å². The van der Waals surface area contributed by atoms with Gasteiger partial charge in [0.15, 0.2) is 0 Å². The summed E-state index contributed by atoms with van der Waals surface area (Å²) in [5.41, 5.74) is 0. The van der Waals surface area contributed by atoms with Crippen molar-refractivity contribution in [1.29, 1.82) is 0 Å². The van der Waals surface area contributed by atoms with E-state index < -0.39 is 6.10 Å². The van der Waals surface area contributed by atoms with Crippen molar-refractivity contribution in [3.8, 4) is 0 Å². The number of hydrogen-bond acceptors (Lipinski definition) is 4. The van der Waals surface area contributed by atoms with E-state index in [0.29, 0.717) is 19.7 Å². The summed E-state index contributed by atoms with van der Waals surface area (Å²) in [5, 5.41) is 19.0. The number of nitrogens with zero attached hydrogens (tertiary/aromatic N) is 1. The molecule has 4 nitrogen and oxygen atoms in total. The summed E-state index contributed by atoms with van der Waals surface area (Å²) < 4.78 is 5.33. The van der Waals surface area contributed by atoms with Gasteiger partial charge in [-0.25, -0.2) is 0 Å². The third-order valence-electron chi connectivity index (χ3n) is 2.67. The van der Waals surface area contributed by atoms with Gasteiger partial charge in [-0.05, 0) is 12.8 Å². The maximum Gasteiger partial charge on any atom is 0.0900 e. The third kappa shape index (κ3) is 5.47. The topological polar surface area (TPSA) is 52.9 Å². The van der Waals surface area contributed by atoms with Crippen molar-refractivity contribution in [1.82, 2.24) is 4.90 Å². The summed E-state index contributed by atoms with van der Waals surface area (Å²) in [6, 6.07) is 0. The Labute approximate surface area is 91.8 Å². The van der Waals surface area contributed by atoms with Crippen LogP contribution >= 0.6 is 0 Å². The van der Waals surface area contributed by atoms with E-state index in [1.165, 1.54) is 0 Å². The van der Waals surface area contributed by atoms with Crippen LogP contribution in [0.4, 0.5) is 0 Å². The molecule has 0 aromatic rings. The zero-order chi connectivity index (χ0) is 11.1. The third-order valence-corrected chi connectivity index (χ3v) is 2.67. The fourth-order valence-corrected chi connectivity index (χ4v) is 1.79. The molecule has 1 rings (SSSR count). The van der Waals surface area contributed by atoms with Gasteiger partial charge in [0.2, 0.25) is 0 Å². The molecule has 0 bridgehead atoms. The Balaban J connectivity index is 2.00. The molecule has 1 heterocycles. The van der Waals surface area contributed by atoms with Gasteiger partial charge < -0.3 is 14.9 Å². The number of likely N-dealkylation sites (tertiary alicyclic amines) is 1. The van der Waals surface area contributed by atoms with Gasteiger partial charge in [0.1, 0.15) is 0 Å². The zero-order valence-electron chi connectivity index (χ0n) is 9.56. The molecular weight excluding hydrogens is 194 g/mol. The average molecular weight is 217 g/mol. The second-order valence-corrected chi connectivity index (χ2v) is 4.28. The van der Waals surface area contributed by atoms with Crippen molar-refractivity contribution in [2.45, 2.75) is 38.4 Å². The molecule has 1 aliphatic rings. The second kappa shape index (κ2) is 7.17. The van der Waals surface area contributed by atoms with E-state index in [-0.39, 0.29) is 6.10 Å². The highest BCUT2D eigenvalue weighted by molar-refractivity contribution is 4.76. The van der Waals surface area contributed by atoms with E-state index in [1.807, 2.05) is 0 Å². The number of unbranched alkanes of at least 4 members (excludes halogenated alkanes) is 1. The molecule has 1 aliphatic heterocycles. The second-order valence-electron chi connectivity index (χ2n) is 4.28. The fourth-order valence-electron chi connectivity index (χ4n) is 1.79. The van der Waals surface area contributed by atoms with Gasteiger partial charge in [-0.3, -0.25) is 4.90 Å². The summed E-state index contributed by atoms with van der Waals surface area (Å²) in [6.07, 6.45) is 2.36.